The van der Waals surface area contributed by atoms with Crippen molar-refractivity contribution in [1.29, 1.82) is 0 Å². The highest BCUT2D eigenvalue weighted by atomic mass is 16.6. The van der Waals surface area contributed by atoms with Gasteiger partial charge in [-0.3, -0.25) is 4.79 Å². The van der Waals surface area contributed by atoms with E-state index in [-0.39, 0.29) is 6.54 Å². The third-order valence-corrected chi connectivity index (χ3v) is 3.79. The Bertz CT molecular complexity index is 954. The van der Waals surface area contributed by atoms with Gasteiger partial charge in [-0.15, -0.1) is 0 Å². The Labute approximate surface area is 186 Å². The van der Waals surface area contributed by atoms with E-state index in [0.29, 0.717) is 11.3 Å². The van der Waals surface area contributed by atoms with Crippen molar-refractivity contribution in [2.24, 2.45) is 0 Å². The van der Waals surface area contributed by atoms with Gasteiger partial charge >= 0.3 is 12.2 Å². The van der Waals surface area contributed by atoms with Gasteiger partial charge in [0.1, 0.15) is 17.3 Å². The zero-order chi connectivity index (χ0) is 24.1. The van der Waals surface area contributed by atoms with Crippen LogP contribution in [0.2, 0.25) is 0 Å². The quantitative estimate of drug-likeness (QED) is 0.643. The normalized spacial score (nSPS) is 12.6. The number of hydrogen-bond donors (Lipinski definition) is 3. The lowest BCUT2D eigenvalue weighted by molar-refractivity contribution is -0.123. The molecule has 0 bridgehead atoms. The van der Waals surface area contributed by atoms with Crippen LogP contribution in [0.5, 0.6) is 0 Å². The van der Waals surface area contributed by atoms with Crippen LogP contribution in [-0.2, 0) is 14.3 Å². The van der Waals surface area contributed by atoms with Crippen molar-refractivity contribution in [3.8, 4) is 11.1 Å². The third-order valence-electron chi connectivity index (χ3n) is 3.79. The smallest absolute Gasteiger partial charge is 0.435 e. The molecule has 0 aliphatic heterocycles. The van der Waals surface area contributed by atoms with Gasteiger partial charge in [0.2, 0.25) is 0 Å². The first-order valence-electron chi connectivity index (χ1n) is 10.1. The lowest BCUT2D eigenvalue weighted by Crippen LogP contribution is -2.41. The van der Waals surface area contributed by atoms with Crippen molar-refractivity contribution in [2.45, 2.75) is 58.8 Å². The topological polar surface area (TPSA) is 132 Å². The summed E-state index contributed by atoms with van der Waals surface area (Å²) in [4.78, 5) is 35.8. The second-order valence-corrected chi connectivity index (χ2v) is 9.12. The molecule has 32 heavy (non-hydrogen) atoms. The molecule has 2 amide bonds. The largest absolute Gasteiger partial charge is 0.444 e. The zero-order valence-corrected chi connectivity index (χ0v) is 19.1. The van der Waals surface area contributed by atoms with E-state index in [1.165, 1.54) is 6.20 Å². The average Bonchev–Trinajstić information content (AvgIpc) is 3.14. The van der Waals surface area contributed by atoms with E-state index in [1.54, 1.807) is 72.0 Å². The van der Waals surface area contributed by atoms with E-state index < -0.39 is 35.4 Å². The van der Waals surface area contributed by atoms with Crippen molar-refractivity contribution in [2.75, 3.05) is 11.9 Å². The van der Waals surface area contributed by atoms with E-state index in [2.05, 4.69) is 15.7 Å². The van der Waals surface area contributed by atoms with E-state index in [0.717, 1.165) is 10.2 Å². The lowest BCUT2D eigenvalue weighted by Gasteiger charge is -2.20. The van der Waals surface area contributed by atoms with Crippen molar-refractivity contribution >= 4 is 23.8 Å². The highest BCUT2D eigenvalue weighted by Gasteiger charge is 2.21. The Morgan fingerprint density at radius 1 is 1.00 bits per heavy atom. The molecule has 10 heteroatoms. The molecule has 3 N–H and O–H groups in total. The predicted octanol–water partition coefficient (Wildman–Crippen LogP) is 3.16. The van der Waals surface area contributed by atoms with Crippen LogP contribution in [0.15, 0.2) is 36.7 Å². The highest BCUT2D eigenvalue weighted by Crippen LogP contribution is 2.21. The molecular formula is C22H30N4O6. The summed E-state index contributed by atoms with van der Waals surface area (Å²) in [5, 5.41) is 18.9. The van der Waals surface area contributed by atoms with Gasteiger partial charge in [-0.25, -0.2) is 9.59 Å². The summed E-state index contributed by atoms with van der Waals surface area (Å²) in [5.74, 6) is -0.674. The SMILES string of the molecule is CC(C)(C)OC(=O)NCC(O)C(=O)Nc1ccc(-c2cnn(C(=O)OC(C)(C)C)c2)cc1. The van der Waals surface area contributed by atoms with Crippen molar-refractivity contribution in [3.05, 3.63) is 36.7 Å². The van der Waals surface area contributed by atoms with Crippen LogP contribution in [0.25, 0.3) is 11.1 Å². The van der Waals surface area contributed by atoms with Gasteiger partial charge in [-0.1, -0.05) is 12.1 Å². The molecule has 1 aromatic heterocycles. The number of carbonyl (C=O) groups excluding carboxylic acids is 3. The molecule has 0 saturated carbocycles. The lowest BCUT2D eigenvalue weighted by atomic mass is 10.1. The molecule has 174 valence electrons. The first-order valence-corrected chi connectivity index (χ1v) is 10.1. The maximum absolute atomic E-state index is 12.1. The molecule has 0 aliphatic rings. The van der Waals surface area contributed by atoms with Gasteiger partial charge in [-0.05, 0) is 59.2 Å². The minimum Gasteiger partial charge on any atom is -0.444 e. The minimum atomic E-state index is -1.45. The Morgan fingerprint density at radius 3 is 2.16 bits per heavy atom. The monoisotopic (exact) mass is 446 g/mol. The maximum Gasteiger partial charge on any atom is 0.435 e. The van der Waals surface area contributed by atoms with E-state index in [4.69, 9.17) is 9.47 Å². The number of benzene rings is 1. The van der Waals surface area contributed by atoms with Crippen LogP contribution in [0, 0.1) is 0 Å². The number of hydrogen-bond acceptors (Lipinski definition) is 7. The van der Waals surface area contributed by atoms with Crippen LogP contribution in [0.4, 0.5) is 15.3 Å². The molecule has 1 heterocycles. The second-order valence-electron chi connectivity index (χ2n) is 9.12. The number of nitrogens with zero attached hydrogens (tertiary/aromatic N) is 2. The van der Waals surface area contributed by atoms with Gasteiger partial charge in [0.25, 0.3) is 5.91 Å². The van der Waals surface area contributed by atoms with Crippen LogP contribution >= 0.6 is 0 Å². The van der Waals surface area contributed by atoms with Crippen molar-refractivity contribution < 1.29 is 29.0 Å². The van der Waals surface area contributed by atoms with Gasteiger partial charge < -0.3 is 25.2 Å². The minimum absolute atomic E-state index is 0.289. The number of carbonyl (C=O) groups is 3. The summed E-state index contributed by atoms with van der Waals surface area (Å²) < 4.78 is 11.4. The Morgan fingerprint density at radius 2 is 1.59 bits per heavy atom. The fraction of sp³-hybridized carbons (Fsp3) is 0.455. The van der Waals surface area contributed by atoms with Crippen LogP contribution in [0.3, 0.4) is 0 Å². The summed E-state index contributed by atoms with van der Waals surface area (Å²) in [7, 11) is 0. The standard InChI is InChI=1S/C22H30N4O6/c1-21(2,3)31-19(29)23-12-17(27)18(28)25-16-9-7-14(8-10-16)15-11-24-26(13-15)20(30)32-22(4,5)6/h7-11,13,17,27H,12H2,1-6H3,(H,23,29)(H,25,28). The first kappa shape index (κ1) is 24.9. The molecule has 0 radical (unpaired) electrons. The highest BCUT2D eigenvalue weighted by molar-refractivity contribution is 5.94. The van der Waals surface area contributed by atoms with Crippen molar-refractivity contribution in [1.82, 2.24) is 15.1 Å². The first-order chi connectivity index (χ1) is 14.7. The number of alkyl carbamates (subject to hydrolysis) is 1. The van der Waals surface area contributed by atoms with Crippen LogP contribution in [-0.4, -0.2) is 56.8 Å². The molecule has 1 unspecified atom stereocenters. The van der Waals surface area contributed by atoms with Gasteiger partial charge in [0.15, 0.2) is 0 Å². The number of aliphatic hydroxyl groups is 1. The molecule has 0 aliphatic carbocycles. The molecular weight excluding hydrogens is 416 g/mol. The van der Waals surface area contributed by atoms with Gasteiger partial charge in [0.05, 0.1) is 12.7 Å². The third kappa shape index (κ3) is 8.03. The fourth-order valence-corrected chi connectivity index (χ4v) is 2.44. The molecule has 2 aromatic rings. The predicted molar refractivity (Wildman–Crippen MR) is 118 cm³/mol. The summed E-state index contributed by atoms with van der Waals surface area (Å²) in [5.41, 5.74) is 0.605. The van der Waals surface area contributed by atoms with Crippen LogP contribution < -0.4 is 10.6 Å². The molecule has 0 spiro atoms. The Hall–Kier alpha value is -3.40. The number of rotatable bonds is 5. The van der Waals surface area contributed by atoms with Crippen molar-refractivity contribution in [3.63, 3.8) is 0 Å². The summed E-state index contributed by atoms with van der Waals surface area (Å²) in [6, 6.07) is 6.76. The summed E-state index contributed by atoms with van der Waals surface area (Å²) in [6.07, 6.45) is 0.327. The zero-order valence-electron chi connectivity index (χ0n) is 19.1. The van der Waals surface area contributed by atoms with Gasteiger partial charge in [0, 0.05) is 17.4 Å². The molecule has 0 fully saturated rings. The van der Waals surface area contributed by atoms with Gasteiger partial charge in [-0.2, -0.15) is 9.78 Å². The number of aliphatic hydroxyl groups excluding tert-OH is 1. The number of ether oxygens (including phenoxy) is 2. The molecule has 10 nitrogen and oxygen atoms in total. The molecule has 1 atom stereocenters. The Balaban J connectivity index is 1.92. The number of amides is 2. The van der Waals surface area contributed by atoms with E-state index in [1.807, 2.05) is 0 Å². The summed E-state index contributed by atoms with van der Waals surface area (Å²) in [6.45, 7) is 10.2. The number of aromatic nitrogens is 2. The fourth-order valence-electron chi connectivity index (χ4n) is 2.44. The average molecular weight is 447 g/mol. The number of anilines is 1. The molecule has 0 saturated heterocycles. The second kappa shape index (κ2) is 9.82. The van der Waals surface area contributed by atoms with E-state index in [9.17, 15) is 19.5 Å². The summed E-state index contributed by atoms with van der Waals surface area (Å²) >= 11 is 0. The molecule has 1 aromatic carbocycles. The Kier molecular flexibility index (Phi) is 7.63. The number of nitrogens with one attached hydrogen (secondary N) is 2. The van der Waals surface area contributed by atoms with E-state index >= 15 is 0 Å². The molecule has 2 rings (SSSR count). The van der Waals surface area contributed by atoms with Crippen LogP contribution in [0.1, 0.15) is 41.5 Å². The maximum atomic E-state index is 12.1.